The van der Waals surface area contributed by atoms with Gasteiger partial charge in [-0.2, -0.15) is 5.10 Å². The first-order chi connectivity index (χ1) is 11.5. The molecule has 0 aliphatic rings. The second-order valence-corrected chi connectivity index (χ2v) is 5.88. The molecule has 2 heterocycles. The highest BCUT2D eigenvalue weighted by atomic mass is 16.5. The van der Waals surface area contributed by atoms with Crippen molar-refractivity contribution in [3.05, 3.63) is 59.1 Å². The molecule has 0 radical (unpaired) electrons. The van der Waals surface area contributed by atoms with E-state index >= 15 is 0 Å². The highest BCUT2D eigenvalue weighted by Gasteiger charge is 2.26. The van der Waals surface area contributed by atoms with Crippen molar-refractivity contribution in [3.63, 3.8) is 0 Å². The van der Waals surface area contributed by atoms with Crippen molar-refractivity contribution in [2.75, 3.05) is 7.05 Å². The largest absolute Gasteiger partial charge is 0.363 e. The highest BCUT2D eigenvalue weighted by molar-refractivity contribution is 5.99. The fourth-order valence-corrected chi connectivity index (χ4v) is 2.93. The van der Waals surface area contributed by atoms with Crippen molar-refractivity contribution >= 4 is 5.91 Å². The van der Waals surface area contributed by atoms with Gasteiger partial charge >= 0.3 is 0 Å². The molecule has 2 aromatic heterocycles. The van der Waals surface area contributed by atoms with Gasteiger partial charge in [-0.05, 0) is 20.8 Å². The SMILES string of the molecule is Cc1n[nH]c(C)c1C(C)N(C)C(=O)c1conc1-c1ccccc1. The van der Waals surface area contributed by atoms with E-state index in [0.29, 0.717) is 11.3 Å². The van der Waals surface area contributed by atoms with E-state index in [4.69, 9.17) is 4.52 Å². The number of carbonyl (C=O) groups is 1. The number of amides is 1. The Morgan fingerprint density at radius 2 is 1.96 bits per heavy atom. The number of aryl methyl sites for hydroxylation is 2. The number of nitrogens with one attached hydrogen (secondary N) is 1. The summed E-state index contributed by atoms with van der Waals surface area (Å²) in [6, 6.07) is 9.43. The highest BCUT2D eigenvalue weighted by Crippen LogP contribution is 2.28. The number of rotatable bonds is 4. The van der Waals surface area contributed by atoms with Crippen molar-refractivity contribution in [3.8, 4) is 11.3 Å². The van der Waals surface area contributed by atoms with Crippen LogP contribution in [-0.2, 0) is 0 Å². The minimum atomic E-state index is -0.136. The van der Waals surface area contributed by atoms with Gasteiger partial charge in [0.15, 0.2) is 0 Å². The first kappa shape index (κ1) is 16.0. The van der Waals surface area contributed by atoms with Crippen LogP contribution in [0.25, 0.3) is 11.3 Å². The molecule has 0 spiro atoms. The molecular formula is C18H20N4O2. The Bertz CT molecular complexity index is 832. The number of benzene rings is 1. The Balaban J connectivity index is 1.92. The van der Waals surface area contributed by atoms with Crippen molar-refractivity contribution < 1.29 is 9.32 Å². The summed E-state index contributed by atoms with van der Waals surface area (Å²) in [5.41, 5.74) is 4.76. The van der Waals surface area contributed by atoms with E-state index in [0.717, 1.165) is 22.5 Å². The molecule has 1 atom stereocenters. The molecule has 1 unspecified atom stereocenters. The Labute approximate surface area is 140 Å². The lowest BCUT2D eigenvalue weighted by Gasteiger charge is -2.25. The molecule has 1 N–H and O–H groups in total. The van der Waals surface area contributed by atoms with Crippen LogP contribution >= 0.6 is 0 Å². The summed E-state index contributed by atoms with van der Waals surface area (Å²) < 4.78 is 5.07. The van der Waals surface area contributed by atoms with Crippen LogP contribution in [0.15, 0.2) is 41.1 Å². The van der Waals surface area contributed by atoms with E-state index in [1.165, 1.54) is 6.26 Å². The van der Waals surface area contributed by atoms with Crippen LogP contribution in [-0.4, -0.2) is 33.2 Å². The van der Waals surface area contributed by atoms with Gasteiger partial charge in [-0.15, -0.1) is 0 Å². The van der Waals surface area contributed by atoms with E-state index in [9.17, 15) is 4.79 Å². The second kappa shape index (κ2) is 6.31. The van der Waals surface area contributed by atoms with Crippen LogP contribution in [0, 0.1) is 13.8 Å². The predicted octanol–water partition coefficient (Wildman–Crippen LogP) is 3.51. The number of H-pyrrole nitrogens is 1. The van der Waals surface area contributed by atoms with Gasteiger partial charge in [-0.25, -0.2) is 0 Å². The summed E-state index contributed by atoms with van der Waals surface area (Å²) in [7, 11) is 1.78. The number of carbonyl (C=O) groups excluding carboxylic acids is 1. The zero-order valence-electron chi connectivity index (χ0n) is 14.2. The maximum absolute atomic E-state index is 13.0. The molecule has 6 nitrogen and oxygen atoms in total. The normalized spacial score (nSPS) is 12.2. The third kappa shape index (κ3) is 2.71. The van der Waals surface area contributed by atoms with E-state index in [1.54, 1.807) is 11.9 Å². The molecular weight excluding hydrogens is 304 g/mol. The van der Waals surface area contributed by atoms with Gasteiger partial charge in [0.25, 0.3) is 5.91 Å². The van der Waals surface area contributed by atoms with Gasteiger partial charge in [-0.1, -0.05) is 35.5 Å². The van der Waals surface area contributed by atoms with E-state index in [2.05, 4.69) is 15.4 Å². The van der Waals surface area contributed by atoms with Crippen molar-refractivity contribution in [1.82, 2.24) is 20.3 Å². The molecule has 0 saturated carbocycles. The Kier molecular flexibility index (Phi) is 4.20. The summed E-state index contributed by atoms with van der Waals surface area (Å²) >= 11 is 0. The number of aromatic amines is 1. The lowest BCUT2D eigenvalue weighted by Crippen LogP contribution is -2.30. The molecule has 0 aliphatic carbocycles. The van der Waals surface area contributed by atoms with Gasteiger partial charge in [0.2, 0.25) is 0 Å². The predicted molar refractivity (Wildman–Crippen MR) is 90.5 cm³/mol. The smallest absolute Gasteiger partial charge is 0.259 e. The average molecular weight is 324 g/mol. The molecule has 24 heavy (non-hydrogen) atoms. The van der Waals surface area contributed by atoms with Crippen molar-refractivity contribution in [2.24, 2.45) is 0 Å². The quantitative estimate of drug-likeness (QED) is 0.797. The molecule has 0 fully saturated rings. The van der Waals surface area contributed by atoms with Gasteiger partial charge in [0, 0.05) is 23.9 Å². The molecule has 124 valence electrons. The number of hydrogen-bond acceptors (Lipinski definition) is 4. The third-order valence-electron chi connectivity index (χ3n) is 4.35. The fourth-order valence-electron chi connectivity index (χ4n) is 2.93. The van der Waals surface area contributed by atoms with Crippen LogP contribution in [0.2, 0.25) is 0 Å². The van der Waals surface area contributed by atoms with Gasteiger partial charge in [0.05, 0.1) is 11.7 Å². The lowest BCUT2D eigenvalue weighted by atomic mass is 10.0. The minimum Gasteiger partial charge on any atom is -0.363 e. The first-order valence-electron chi connectivity index (χ1n) is 7.79. The Morgan fingerprint density at radius 3 is 2.58 bits per heavy atom. The lowest BCUT2D eigenvalue weighted by molar-refractivity contribution is 0.0742. The second-order valence-electron chi connectivity index (χ2n) is 5.88. The van der Waals surface area contributed by atoms with Crippen molar-refractivity contribution in [2.45, 2.75) is 26.8 Å². The summed E-state index contributed by atoms with van der Waals surface area (Å²) in [6.07, 6.45) is 1.41. The molecule has 0 bridgehead atoms. The molecule has 1 aromatic carbocycles. The van der Waals surface area contributed by atoms with E-state index in [1.807, 2.05) is 51.1 Å². The standard InChI is InChI=1S/C18H20N4O2/c1-11-16(12(2)20-19-11)13(3)22(4)18(23)15-10-24-21-17(15)14-8-6-5-7-9-14/h5-10,13H,1-4H3,(H,19,20). The van der Waals surface area contributed by atoms with Gasteiger partial charge < -0.3 is 9.42 Å². The van der Waals surface area contributed by atoms with Gasteiger partial charge in [0.1, 0.15) is 17.5 Å². The molecule has 6 heteroatoms. The number of aromatic nitrogens is 3. The van der Waals surface area contributed by atoms with Crippen LogP contribution in [0.4, 0.5) is 0 Å². The maximum Gasteiger partial charge on any atom is 0.259 e. The van der Waals surface area contributed by atoms with Crippen LogP contribution in [0.1, 0.15) is 40.3 Å². The zero-order valence-corrected chi connectivity index (χ0v) is 14.2. The molecule has 0 aliphatic heterocycles. The van der Waals surface area contributed by atoms with Crippen LogP contribution in [0.5, 0.6) is 0 Å². The summed E-state index contributed by atoms with van der Waals surface area (Å²) in [5, 5.41) is 11.2. The molecule has 1 amide bonds. The van der Waals surface area contributed by atoms with Crippen LogP contribution in [0.3, 0.4) is 0 Å². The Morgan fingerprint density at radius 1 is 1.25 bits per heavy atom. The van der Waals surface area contributed by atoms with Crippen LogP contribution < -0.4 is 0 Å². The topological polar surface area (TPSA) is 75.0 Å². The molecule has 0 saturated heterocycles. The minimum absolute atomic E-state index is 0.116. The molecule has 3 aromatic rings. The van der Waals surface area contributed by atoms with Gasteiger partial charge in [-0.3, -0.25) is 9.89 Å². The maximum atomic E-state index is 13.0. The third-order valence-corrected chi connectivity index (χ3v) is 4.35. The number of hydrogen-bond donors (Lipinski definition) is 1. The zero-order chi connectivity index (χ0) is 17.3. The fraction of sp³-hybridized carbons (Fsp3) is 0.278. The monoisotopic (exact) mass is 324 g/mol. The van der Waals surface area contributed by atoms with Crippen molar-refractivity contribution in [1.29, 1.82) is 0 Å². The molecule has 3 rings (SSSR count). The summed E-state index contributed by atoms with van der Waals surface area (Å²) in [6.45, 7) is 5.87. The Hall–Kier alpha value is -2.89. The number of nitrogens with zero attached hydrogens (tertiary/aromatic N) is 3. The van der Waals surface area contributed by atoms with E-state index < -0.39 is 0 Å². The van der Waals surface area contributed by atoms with E-state index in [-0.39, 0.29) is 11.9 Å². The average Bonchev–Trinajstić information content (AvgIpc) is 3.21. The summed E-state index contributed by atoms with van der Waals surface area (Å²) in [4.78, 5) is 14.6. The first-order valence-corrected chi connectivity index (χ1v) is 7.79. The summed E-state index contributed by atoms with van der Waals surface area (Å²) in [5.74, 6) is -0.136.